The fourth-order valence-electron chi connectivity index (χ4n) is 9.49. The topological polar surface area (TPSA) is 149 Å². The van der Waals surface area contributed by atoms with Crippen molar-refractivity contribution in [3.8, 4) is 0 Å². The summed E-state index contributed by atoms with van der Waals surface area (Å²) in [4.78, 5) is 13.1. The Morgan fingerprint density at radius 3 is 1.21 bits per heavy atom. The number of allylic oxidation sites excluding steroid dienone is 15. The monoisotopic (exact) mass is 1060 g/mol. The van der Waals surface area contributed by atoms with Gasteiger partial charge >= 0.3 is 0 Å². The third-order valence-corrected chi connectivity index (χ3v) is 14.4. The minimum absolute atomic E-state index is 0.197. The SMILES string of the molecule is CC/C=C\C/C=C\C/C=C\C/C=C\C/C=C\C/C=C\C/C=C\CCCCCCCC(=O)NC(COC1OC(CO)C(O)C(O)C1O)C(O)/C=C/CCCCCCCCCCCCCCCCCCCCCCCCCC. The highest BCUT2D eigenvalue weighted by Gasteiger charge is 2.44. The number of aliphatic hydroxyl groups excluding tert-OH is 5. The Bertz CT molecular complexity index is 1510. The molecular formula is C67H117NO8. The van der Waals surface area contributed by atoms with E-state index >= 15 is 0 Å². The van der Waals surface area contributed by atoms with E-state index in [0.29, 0.717) is 6.42 Å². The van der Waals surface area contributed by atoms with Gasteiger partial charge in [-0.1, -0.05) is 278 Å². The van der Waals surface area contributed by atoms with Crippen LogP contribution in [0, 0.1) is 0 Å². The molecule has 1 aliphatic rings. The van der Waals surface area contributed by atoms with E-state index in [4.69, 9.17) is 9.47 Å². The number of rotatable bonds is 53. The molecule has 0 aromatic carbocycles. The van der Waals surface area contributed by atoms with Crippen molar-refractivity contribution in [2.45, 2.75) is 307 Å². The number of carbonyl (C=O) groups excluding carboxylic acids is 1. The summed E-state index contributed by atoms with van der Waals surface area (Å²) < 4.78 is 11.3. The van der Waals surface area contributed by atoms with Gasteiger partial charge in [-0.15, -0.1) is 0 Å². The predicted molar refractivity (Wildman–Crippen MR) is 322 cm³/mol. The molecule has 0 aromatic rings. The van der Waals surface area contributed by atoms with Crippen molar-refractivity contribution in [3.05, 3.63) is 97.2 Å². The van der Waals surface area contributed by atoms with Crippen LogP contribution in [0.2, 0.25) is 0 Å². The summed E-state index contributed by atoms with van der Waals surface area (Å²) in [5.74, 6) is -0.197. The van der Waals surface area contributed by atoms with Crippen LogP contribution in [0.5, 0.6) is 0 Å². The van der Waals surface area contributed by atoms with E-state index in [0.717, 1.165) is 103 Å². The number of carbonyl (C=O) groups is 1. The predicted octanol–water partition coefficient (Wildman–Crippen LogP) is 16.4. The van der Waals surface area contributed by atoms with Crippen LogP contribution >= 0.6 is 0 Å². The van der Waals surface area contributed by atoms with Crippen LogP contribution in [0.1, 0.15) is 264 Å². The molecule has 0 aromatic heterocycles. The van der Waals surface area contributed by atoms with Crippen molar-refractivity contribution in [1.29, 1.82) is 0 Å². The Morgan fingerprint density at radius 2 is 0.816 bits per heavy atom. The van der Waals surface area contributed by atoms with Crippen LogP contribution in [0.4, 0.5) is 0 Å². The molecule has 0 saturated carbocycles. The number of hydrogen-bond acceptors (Lipinski definition) is 8. The Balaban J connectivity index is 2.23. The third kappa shape index (κ3) is 44.0. The summed E-state index contributed by atoms with van der Waals surface area (Å²) in [5.41, 5.74) is 0. The normalized spacial score (nSPS) is 19.5. The standard InChI is InChI=1S/C67H117NO8/c1-3-5-7-9-11-13-15-17-19-21-23-25-27-29-31-33-35-37-39-41-43-45-47-49-51-53-55-57-63(71)68-60(59-75-67-66(74)65(73)64(72)62(58-69)76-67)61(70)56-54-52-50-48-46-44-42-40-38-36-34-32-30-28-26-24-22-20-18-16-14-12-10-8-6-4-2/h5,7,11,13,17,19,23,25,29,31,35,37,41,43,54,56,60-62,64-67,69-70,72-74H,3-4,6,8-10,12,14-16,18,20-22,24,26-28,30,32-34,36,38-40,42,44-53,55,57-59H2,1-2H3,(H,68,71)/b7-5-,13-11-,19-17-,25-23-,31-29-,37-35-,43-41-,56-54+. The first-order valence-corrected chi connectivity index (χ1v) is 31.5. The van der Waals surface area contributed by atoms with E-state index in [1.807, 2.05) is 6.08 Å². The van der Waals surface area contributed by atoms with Crippen molar-refractivity contribution in [2.75, 3.05) is 13.2 Å². The van der Waals surface area contributed by atoms with Crippen LogP contribution < -0.4 is 5.32 Å². The minimum Gasteiger partial charge on any atom is -0.394 e. The highest BCUT2D eigenvalue weighted by Crippen LogP contribution is 2.23. The zero-order chi connectivity index (χ0) is 55.0. The first-order chi connectivity index (χ1) is 37.3. The Morgan fingerprint density at radius 1 is 0.461 bits per heavy atom. The van der Waals surface area contributed by atoms with Crippen LogP contribution in [0.3, 0.4) is 0 Å². The van der Waals surface area contributed by atoms with E-state index in [1.165, 1.54) is 141 Å². The first kappa shape index (κ1) is 71.1. The largest absolute Gasteiger partial charge is 0.394 e. The summed E-state index contributed by atoms with van der Waals surface area (Å²) >= 11 is 0. The molecular weight excluding hydrogens is 947 g/mol. The van der Waals surface area contributed by atoms with Crippen LogP contribution in [0.25, 0.3) is 0 Å². The quantitative estimate of drug-likeness (QED) is 0.0261. The van der Waals surface area contributed by atoms with Gasteiger partial charge in [-0.2, -0.15) is 0 Å². The van der Waals surface area contributed by atoms with Crippen molar-refractivity contribution >= 4 is 5.91 Å². The molecule has 438 valence electrons. The van der Waals surface area contributed by atoms with Gasteiger partial charge in [0.15, 0.2) is 6.29 Å². The van der Waals surface area contributed by atoms with Crippen molar-refractivity contribution in [3.63, 3.8) is 0 Å². The minimum atomic E-state index is -1.58. The maximum absolute atomic E-state index is 13.1. The van der Waals surface area contributed by atoms with E-state index in [9.17, 15) is 30.3 Å². The smallest absolute Gasteiger partial charge is 0.220 e. The molecule has 9 heteroatoms. The molecule has 6 N–H and O–H groups in total. The maximum atomic E-state index is 13.1. The third-order valence-electron chi connectivity index (χ3n) is 14.4. The maximum Gasteiger partial charge on any atom is 0.220 e. The lowest BCUT2D eigenvalue weighted by atomic mass is 9.99. The molecule has 1 saturated heterocycles. The van der Waals surface area contributed by atoms with Gasteiger partial charge in [0.2, 0.25) is 5.91 Å². The molecule has 1 rings (SSSR count). The summed E-state index contributed by atoms with van der Waals surface area (Å²) in [6.45, 7) is 3.67. The Labute approximate surface area is 466 Å². The van der Waals surface area contributed by atoms with Crippen molar-refractivity contribution in [1.82, 2.24) is 5.32 Å². The summed E-state index contributed by atoms with van der Waals surface area (Å²) in [5, 5.41) is 54.6. The molecule has 7 atom stereocenters. The van der Waals surface area contributed by atoms with E-state index in [2.05, 4.69) is 104 Å². The van der Waals surface area contributed by atoms with E-state index in [-0.39, 0.29) is 12.5 Å². The lowest BCUT2D eigenvalue weighted by Gasteiger charge is -2.40. The zero-order valence-electron chi connectivity index (χ0n) is 48.7. The number of hydrogen-bond donors (Lipinski definition) is 6. The van der Waals surface area contributed by atoms with Crippen molar-refractivity contribution < 1.29 is 39.8 Å². The molecule has 1 aliphatic heterocycles. The Hall–Kier alpha value is -2.89. The zero-order valence-corrected chi connectivity index (χ0v) is 48.7. The van der Waals surface area contributed by atoms with Gasteiger partial charge in [0.05, 0.1) is 25.4 Å². The lowest BCUT2D eigenvalue weighted by Crippen LogP contribution is -2.60. The van der Waals surface area contributed by atoms with Crippen molar-refractivity contribution in [2.24, 2.45) is 0 Å². The number of ether oxygens (including phenoxy) is 2. The molecule has 0 bridgehead atoms. The van der Waals surface area contributed by atoms with Gasteiger partial charge < -0.3 is 40.3 Å². The number of aliphatic hydroxyl groups is 5. The Kier molecular flexibility index (Phi) is 51.9. The molecule has 1 heterocycles. The number of nitrogens with one attached hydrogen (secondary N) is 1. The molecule has 0 spiro atoms. The van der Waals surface area contributed by atoms with Crippen LogP contribution in [-0.2, 0) is 14.3 Å². The number of amides is 1. The highest BCUT2D eigenvalue weighted by atomic mass is 16.7. The molecule has 0 aliphatic carbocycles. The molecule has 1 amide bonds. The highest BCUT2D eigenvalue weighted by molar-refractivity contribution is 5.76. The second-order valence-corrected chi connectivity index (χ2v) is 21.5. The van der Waals surface area contributed by atoms with Gasteiger partial charge in [0.25, 0.3) is 0 Å². The molecule has 1 fully saturated rings. The van der Waals surface area contributed by atoms with Gasteiger partial charge in [0, 0.05) is 6.42 Å². The van der Waals surface area contributed by atoms with Gasteiger partial charge in [-0.3, -0.25) is 4.79 Å². The lowest BCUT2D eigenvalue weighted by molar-refractivity contribution is -0.302. The molecule has 76 heavy (non-hydrogen) atoms. The fourth-order valence-corrected chi connectivity index (χ4v) is 9.49. The van der Waals surface area contributed by atoms with Gasteiger partial charge in [-0.25, -0.2) is 0 Å². The first-order valence-electron chi connectivity index (χ1n) is 31.5. The average molecular weight is 1060 g/mol. The van der Waals surface area contributed by atoms with Crippen LogP contribution in [-0.4, -0.2) is 87.5 Å². The number of unbranched alkanes of at least 4 members (excludes halogenated alkanes) is 29. The fraction of sp³-hybridized carbons (Fsp3) is 0.746. The second kappa shape index (κ2) is 55.4. The van der Waals surface area contributed by atoms with Gasteiger partial charge in [0.1, 0.15) is 24.4 Å². The summed E-state index contributed by atoms with van der Waals surface area (Å²) in [6.07, 6.45) is 73.3. The van der Waals surface area contributed by atoms with E-state index in [1.54, 1.807) is 6.08 Å². The van der Waals surface area contributed by atoms with Crippen LogP contribution in [0.15, 0.2) is 97.2 Å². The summed E-state index contributed by atoms with van der Waals surface area (Å²) in [6, 6.07) is -0.824. The van der Waals surface area contributed by atoms with E-state index < -0.39 is 49.5 Å². The second-order valence-electron chi connectivity index (χ2n) is 21.5. The molecule has 0 radical (unpaired) electrons. The molecule has 9 nitrogen and oxygen atoms in total. The van der Waals surface area contributed by atoms with Gasteiger partial charge in [-0.05, 0) is 77.0 Å². The molecule has 7 unspecified atom stereocenters. The average Bonchev–Trinajstić information content (AvgIpc) is 3.42. The summed E-state index contributed by atoms with van der Waals surface area (Å²) in [7, 11) is 0.